The molecule has 1 unspecified atom stereocenters. The summed E-state index contributed by atoms with van der Waals surface area (Å²) in [5, 5.41) is 2.81. The lowest BCUT2D eigenvalue weighted by Gasteiger charge is -2.33. The quantitative estimate of drug-likeness (QED) is 0.404. The number of carbonyl (C=O) groups excluding carboxylic acids is 2. The highest BCUT2D eigenvalue weighted by Crippen LogP contribution is 2.27. The molecule has 0 aliphatic carbocycles. The first-order chi connectivity index (χ1) is 17.7. The fourth-order valence-corrected chi connectivity index (χ4v) is 5.66. The van der Waals surface area contributed by atoms with Gasteiger partial charge in [-0.05, 0) is 56.5 Å². The number of hydrogen-bond donors (Lipinski definition) is 1. The summed E-state index contributed by atoms with van der Waals surface area (Å²) in [4.78, 5) is 28.4. The summed E-state index contributed by atoms with van der Waals surface area (Å²) in [5.41, 5.74) is 2.92. The van der Waals surface area contributed by atoms with Crippen molar-refractivity contribution in [2.45, 2.75) is 51.6 Å². The first-order valence-corrected chi connectivity index (χ1v) is 13.9. The molecular weight excluding hydrogens is 486 g/mol. The van der Waals surface area contributed by atoms with E-state index in [2.05, 4.69) is 5.32 Å². The Balaban J connectivity index is 2.06. The van der Waals surface area contributed by atoms with Crippen molar-refractivity contribution in [3.05, 3.63) is 95.6 Å². The maximum absolute atomic E-state index is 13.9. The minimum atomic E-state index is -4.07. The number of nitrogens with zero attached hydrogens (tertiary/aromatic N) is 2. The second-order valence-electron chi connectivity index (χ2n) is 8.94. The number of hydrogen-bond acceptors (Lipinski definition) is 4. The maximum Gasteiger partial charge on any atom is 0.264 e. The highest BCUT2D eigenvalue weighted by atomic mass is 32.2. The van der Waals surface area contributed by atoms with Gasteiger partial charge in [0.2, 0.25) is 11.8 Å². The summed E-state index contributed by atoms with van der Waals surface area (Å²) in [6.07, 6.45) is 0.388. The highest BCUT2D eigenvalue weighted by Gasteiger charge is 2.33. The highest BCUT2D eigenvalue weighted by molar-refractivity contribution is 7.92. The molecule has 0 spiro atoms. The molecular formula is C29H35N3O4S. The number of carbonyl (C=O) groups is 2. The predicted octanol–water partition coefficient (Wildman–Crippen LogP) is 4.44. The lowest BCUT2D eigenvalue weighted by molar-refractivity contribution is -0.140. The molecule has 8 heteroatoms. The van der Waals surface area contributed by atoms with Gasteiger partial charge in [-0.15, -0.1) is 0 Å². The molecule has 2 amide bonds. The number of amides is 2. The fraction of sp³-hybridized carbons (Fsp3) is 0.310. The van der Waals surface area contributed by atoms with Gasteiger partial charge in [0.25, 0.3) is 10.0 Å². The van der Waals surface area contributed by atoms with Crippen LogP contribution in [0.1, 0.15) is 37.0 Å². The van der Waals surface area contributed by atoms with Crippen molar-refractivity contribution in [1.82, 2.24) is 10.2 Å². The zero-order chi connectivity index (χ0) is 27.0. The fourth-order valence-electron chi connectivity index (χ4n) is 4.19. The van der Waals surface area contributed by atoms with Crippen LogP contribution in [-0.4, -0.2) is 44.3 Å². The number of para-hydroxylation sites is 1. The van der Waals surface area contributed by atoms with E-state index in [0.717, 1.165) is 21.0 Å². The van der Waals surface area contributed by atoms with E-state index in [4.69, 9.17) is 0 Å². The third-order valence-corrected chi connectivity index (χ3v) is 7.98. The van der Waals surface area contributed by atoms with E-state index in [-0.39, 0.29) is 17.3 Å². The number of nitrogens with one attached hydrogen (secondary N) is 1. The van der Waals surface area contributed by atoms with Gasteiger partial charge >= 0.3 is 0 Å². The number of sulfonamides is 1. The maximum atomic E-state index is 13.9. The van der Waals surface area contributed by atoms with E-state index in [1.165, 1.54) is 4.90 Å². The van der Waals surface area contributed by atoms with Crippen LogP contribution < -0.4 is 9.62 Å². The average Bonchev–Trinajstić information content (AvgIpc) is 2.88. The van der Waals surface area contributed by atoms with Gasteiger partial charge in [-0.3, -0.25) is 13.9 Å². The molecule has 3 aromatic rings. The van der Waals surface area contributed by atoms with Crippen LogP contribution in [0.4, 0.5) is 5.69 Å². The zero-order valence-corrected chi connectivity index (χ0v) is 22.7. The van der Waals surface area contributed by atoms with Crippen LogP contribution in [0.5, 0.6) is 0 Å². The molecule has 1 N–H and O–H groups in total. The molecule has 0 saturated heterocycles. The summed E-state index contributed by atoms with van der Waals surface area (Å²) in [7, 11) is -4.07. The number of rotatable bonds is 11. The first kappa shape index (κ1) is 27.9. The van der Waals surface area contributed by atoms with E-state index in [1.54, 1.807) is 36.4 Å². The van der Waals surface area contributed by atoms with Crippen LogP contribution in [0, 0.1) is 13.8 Å². The Bertz CT molecular complexity index is 1310. The van der Waals surface area contributed by atoms with Gasteiger partial charge in [-0.1, -0.05) is 73.2 Å². The molecule has 3 rings (SSSR count). The third kappa shape index (κ3) is 6.77. The van der Waals surface area contributed by atoms with Crippen molar-refractivity contribution < 1.29 is 18.0 Å². The van der Waals surface area contributed by atoms with Gasteiger partial charge in [0.15, 0.2) is 0 Å². The molecule has 37 heavy (non-hydrogen) atoms. The van der Waals surface area contributed by atoms with E-state index < -0.39 is 28.5 Å². The molecule has 0 aliphatic heterocycles. The van der Waals surface area contributed by atoms with E-state index in [9.17, 15) is 18.0 Å². The summed E-state index contributed by atoms with van der Waals surface area (Å²) in [5.74, 6) is -0.723. The van der Waals surface area contributed by atoms with Crippen molar-refractivity contribution in [1.29, 1.82) is 0 Å². The molecule has 0 bridgehead atoms. The first-order valence-electron chi connectivity index (χ1n) is 12.4. The largest absolute Gasteiger partial charge is 0.355 e. The number of likely N-dealkylation sites (N-methyl/N-ethyl adjacent to an activating group) is 1. The molecule has 7 nitrogen and oxygen atoms in total. The number of anilines is 1. The van der Waals surface area contributed by atoms with Crippen molar-refractivity contribution in [3.63, 3.8) is 0 Å². The smallest absolute Gasteiger partial charge is 0.264 e. The van der Waals surface area contributed by atoms with Gasteiger partial charge in [0.1, 0.15) is 12.6 Å². The van der Waals surface area contributed by atoms with Crippen molar-refractivity contribution in [2.24, 2.45) is 0 Å². The Kier molecular flexibility index (Phi) is 9.47. The zero-order valence-electron chi connectivity index (χ0n) is 21.8. The van der Waals surface area contributed by atoms with Crippen molar-refractivity contribution in [3.8, 4) is 0 Å². The monoisotopic (exact) mass is 521 g/mol. The molecule has 0 aliphatic rings. The van der Waals surface area contributed by atoms with Crippen LogP contribution in [-0.2, 0) is 26.2 Å². The van der Waals surface area contributed by atoms with Gasteiger partial charge in [0.05, 0.1) is 10.6 Å². The van der Waals surface area contributed by atoms with Gasteiger partial charge in [-0.2, -0.15) is 0 Å². The topological polar surface area (TPSA) is 86.8 Å². The molecule has 0 aromatic heterocycles. The Morgan fingerprint density at radius 2 is 1.49 bits per heavy atom. The third-order valence-electron chi connectivity index (χ3n) is 6.20. The minimum Gasteiger partial charge on any atom is -0.355 e. The van der Waals surface area contributed by atoms with Crippen molar-refractivity contribution in [2.75, 3.05) is 17.4 Å². The van der Waals surface area contributed by atoms with E-state index >= 15 is 0 Å². The lowest BCUT2D eigenvalue weighted by atomic mass is 10.1. The normalized spacial score (nSPS) is 12.0. The second-order valence-corrected chi connectivity index (χ2v) is 10.8. The predicted molar refractivity (Wildman–Crippen MR) is 147 cm³/mol. The SMILES string of the molecule is CCNC(=O)C(CC)N(Cc1ccccc1)C(=O)CN(c1ccccc1C)S(=O)(=O)c1ccc(C)cc1. The van der Waals surface area contributed by atoms with Crippen LogP contribution in [0.2, 0.25) is 0 Å². The van der Waals surface area contributed by atoms with Gasteiger partial charge < -0.3 is 10.2 Å². The lowest BCUT2D eigenvalue weighted by Crippen LogP contribution is -2.52. The summed E-state index contributed by atoms with van der Waals surface area (Å²) in [6.45, 7) is 7.52. The van der Waals surface area contributed by atoms with Gasteiger partial charge in [-0.25, -0.2) is 8.42 Å². The second kappa shape index (κ2) is 12.5. The molecule has 1 atom stereocenters. The summed E-state index contributed by atoms with van der Waals surface area (Å²) >= 11 is 0. The van der Waals surface area contributed by atoms with Crippen LogP contribution >= 0.6 is 0 Å². The number of aryl methyl sites for hydroxylation is 2. The molecule has 0 heterocycles. The molecule has 196 valence electrons. The minimum absolute atomic E-state index is 0.0968. The van der Waals surface area contributed by atoms with E-state index in [0.29, 0.717) is 18.7 Å². The van der Waals surface area contributed by atoms with Crippen molar-refractivity contribution >= 4 is 27.5 Å². The Labute approximate surface area is 220 Å². The number of benzene rings is 3. The molecule has 3 aromatic carbocycles. The summed E-state index contributed by atoms with van der Waals surface area (Å²) < 4.78 is 28.9. The van der Waals surface area contributed by atoms with E-state index in [1.807, 2.05) is 70.2 Å². The standard InChI is InChI=1S/C29H35N3O4S/c1-5-26(29(34)30-6-2)31(20-24-13-8-7-9-14-24)28(33)21-32(27-15-11-10-12-23(27)4)37(35,36)25-18-16-22(3)17-19-25/h7-19,26H,5-6,20-21H2,1-4H3,(H,30,34). The Morgan fingerprint density at radius 3 is 2.08 bits per heavy atom. The van der Waals surface area contributed by atoms with Crippen LogP contribution in [0.25, 0.3) is 0 Å². The Hall–Kier alpha value is -3.65. The van der Waals surface area contributed by atoms with Gasteiger partial charge in [0, 0.05) is 13.1 Å². The summed E-state index contributed by atoms with van der Waals surface area (Å²) in [6, 6.07) is 22.3. The Morgan fingerprint density at radius 1 is 0.865 bits per heavy atom. The molecule has 0 radical (unpaired) electrons. The molecule has 0 fully saturated rings. The molecule has 0 saturated carbocycles. The van der Waals surface area contributed by atoms with Crippen LogP contribution in [0.3, 0.4) is 0 Å². The van der Waals surface area contributed by atoms with Crippen LogP contribution in [0.15, 0.2) is 83.8 Å². The average molecular weight is 522 g/mol.